The first kappa shape index (κ1) is 25.1. The highest BCUT2D eigenvalue weighted by atomic mass is 35.5. The monoisotopic (exact) mass is 516 g/mol. The van der Waals surface area contributed by atoms with Crippen LogP contribution in [-0.2, 0) is 6.18 Å². The van der Waals surface area contributed by atoms with E-state index in [1.165, 1.54) is 6.07 Å². The standard InChI is InChI=1S/C24H20ClF3N6O2/c1-14(35)13-31-23-30-9-8-20(33-23)34-11-10-29-21(34)15-2-5-17(6-3-15)32-22(36)16-4-7-19(25)18(12-16)24(26,27)28/h2-12,14,35H,13H2,1H3,(H,32,36)(H,30,31,33)/t14-/m0/s1. The molecule has 0 aliphatic heterocycles. The van der Waals surface area contributed by atoms with Gasteiger partial charge in [0.25, 0.3) is 5.91 Å². The summed E-state index contributed by atoms with van der Waals surface area (Å²) in [5.41, 5.74) is -0.152. The van der Waals surface area contributed by atoms with E-state index in [2.05, 4.69) is 25.6 Å². The van der Waals surface area contributed by atoms with Crippen molar-refractivity contribution in [2.24, 2.45) is 0 Å². The first-order valence-electron chi connectivity index (χ1n) is 10.7. The predicted octanol–water partition coefficient (Wildman–Crippen LogP) is 5.05. The molecule has 12 heteroatoms. The van der Waals surface area contributed by atoms with Crippen LogP contribution in [0.1, 0.15) is 22.8 Å². The summed E-state index contributed by atoms with van der Waals surface area (Å²) in [7, 11) is 0. The summed E-state index contributed by atoms with van der Waals surface area (Å²) in [4.78, 5) is 25.5. The number of anilines is 2. The van der Waals surface area contributed by atoms with Gasteiger partial charge in [-0.3, -0.25) is 9.36 Å². The Morgan fingerprint density at radius 1 is 1.11 bits per heavy atom. The van der Waals surface area contributed by atoms with Crippen LogP contribution < -0.4 is 10.6 Å². The molecule has 36 heavy (non-hydrogen) atoms. The fraction of sp³-hybridized carbons (Fsp3) is 0.167. The SMILES string of the molecule is C[C@H](O)CNc1nccc(-n2ccnc2-c2ccc(NC(=O)c3ccc(Cl)c(C(F)(F)F)c3)cc2)n1. The van der Waals surface area contributed by atoms with Crippen molar-refractivity contribution in [1.29, 1.82) is 0 Å². The van der Waals surface area contributed by atoms with Crippen LogP contribution >= 0.6 is 11.6 Å². The van der Waals surface area contributed by atoms with Gasteiger partial charge >= 0.3 is 6.18 Å². The van der Waals surface area contributed by atoms with Crippen molar-refractivity contribution in [2.75, 3.05) is 17.2 Å². The van der Waals surface area contributed by atoms with Gasteiger partial charge in [-0.15, -0.1) is 0 Å². The number of hydrogen-bond acceptors (Lipinski definition) is 6. The zero-order valence-corrected chi connectivity index (χ0v) is 19.5. The number of hydrogen-bond donors (Lipinski definition) is 3. The number of alkyl halides is 3. The topological polar surface area (TPSA) is 105 Å². The van der Waals surface area contributed by atoms with Gasteiger partial charge in [0, 0.05) is 41.9 Å². The summed E-state index contributed by atoms with van der Waals surface area (Å²) in [6.45, 7) is 1.94. The van der Waals surface area contributed by atoms with Crippen LogP contribution in [0.15, 0.2) is 67.1 Å². The van der Waals surface area contributed by atoms with Crippen LogP contribution in [0.4, 0.5) is 24.8 Å². The second-order valence-corrected chi connectivity index (χ2v) is 8.22. The molecule has 186 valence electrons. The lowest BCUT2D eigenvalue weighted by Gasteiger charge is -2.12. The number of aromatic nitrogens is 4. The number of imidazole rings is 1. The molecule has 2 aromatic carbocycles. The van der Waals surface area contributed by atoms with Crippen molar-refractivity contribution in [3.63, 3.8) is 0 Å². The third kappa shape index (κ3) is 5.81. The quantitative estimate of drug-likeness (QED) is 0.317. The van der Waals surface area contributed by atoms with Crippen LogP contribution in [0.2, 0.25) is 5.02 Å². The molecule has 3 N–H and O–H groups in total. The lowest BCUT2D eigenvalue weighted by molar-refractivity contribution is -0.137. The molecule has 0 spiro atoms. The minimum atomic E-state index is -4.67. The van der Waals surface area contributed by atoms with Crippen molar-refractivity contribution in [2.45, 2.75) is 19.2 Å². The van der Waals surface area contributed by atoms with Gasteiger partial charge in [-0.25, -0.2) is 9.97 Å². The average molecular weight is 517 g/mol. The Hall–Kier alpha value is -3.96. The van der Waals surface area contributed by atoms with E-state index in [-0.39, 0.29) is 5.56 Å². The van der Waals surface area contributed by atoms with Gasteiger partial charge in [0.05, 0.1) is 16.7 Å². The molecule has 0 unspecified atom stereocenters. The van der Waals surface area contributed by atoms with Crippen molar-refractivity contribution in [3.05, 3.63) is 83.3 Å². The Labute approximate surface area is 208 Å². The summed E-state index contributed by atoms with van der Waals surface area (Å²) in [5.74, 6) is 0.762. The van der Waals surface area contributed by atoms with Gasteiger partial charge in [0.2, 0.25) is 5.95 Å². The van der Waals surface area contributed by atoms with Gasteiger partial charge in [0.1, 0.15) is 11.6 Å². The van der Waals surface area contributed by atoms with E-state index in [9.17, 15) is 23.1 Å². The van der Waals surface area contributed by atoms with E-state index >= 15 is 0 Å². The molecule has 4 rings (SSSR count). The summed E-state index contributed by atoms with van der Waals surface area (Å²) < 4.78 is 41.0. The maximum atomic E-state index is 13.1. The molecule has 0 radical (unpaired) electrons. The first-order chi connectivity index (χ1) is 17.1. The third-order valence-electron chi connectivity index (χ3n) is 5.02. The molecule has 0 fully saturated rings. The molecule has 0 aliphatic carbocycles. The molecule has 1 amide bonds. The molecule has 2 aromatic heterocycles. The van der Waals surface area contributed by atoms with Gasteiger partial charge in [-0.05, 0) is 55.5 Å². The lowest BCUT2D eigenvalue weighted by Crippen LogP contribution is -2.17. The molecule has 1 atom stereocenters. The molecule has 0 aliphatic rings. The van der Waals surface area contributed by atoms with Gasteiger partial charge in [-0.2, -0.15) is 18.2 Å². The molecule has 0 bridgehead atoms. The van der Waals surface area contributed by atoms with Crippen LogP contribution in [-0.4, -0.2) is 43.2 Å². The highest BCUT2D eigenvalue weighted by Crippen LogP contribution is 2.35. The number of nitrogens with zero attached hydrogens (tertiary/aromatic N) is 4. The van der Waals surface area contributed by atoms with Crippen molar-refractivity contribution < 1.29 is 23.1 Å². The summed E-state index contributed by atoms with van der Waals surface area (Å²) in [6.07, 6.45) is -0.323. The normalized spacial score (nSPS) is 12.3. The summed E-state index contributed by atoms with van der Waals surface area (Å²) in [5, 5.41) is 14.5. The Bertz CT molecular complexity index is 1370. The van der Waals surface area contributed by atoms with Crippen LogP contribution in [0, 0.1) is 0 Å². The highest BCUT2D eigenvalue weighted by molar-refractivity contribution is 6.31. The van der Waals surface area contributed by atoms with E-state index in [1.807, 2.05) is 0 Å². The molecule has 2 heterocycles. The second kappa shape index (κ2) is 10.3. The average Bonchev–Trinajstić information content (AvgIpc) is 3.33. The Morgan fingerprint density at radius 3 is 2.56 bits per heavy atom. The lowest BCUT2D eigenvalue weighted by atomic mass is 10.1. The Kier molecular flexibility index (Phi) is 7.22. The van der Waals surface area contributed by atoms with E-state index in [0.29, 0.717) is 35.4 Å². The molecule has 0 saturated heterocycles. The van der Waals surface area contributed by atoms with Crippen LogP contribution in [0.3, 0.4) is 0 Å². The van der Waals surface area contributed by atoms with Crippen molar-refractivity contribution in [3.8, 4) is 17.2 Å². The Balaban J connectivity index is 1.52. The molecular weight excluding hydrogens is 497 g/mol. The van der Waals surface area contributed by atoms with Gasteiger partial charge in [-0.1, -0.05) is 11.6 Å². The van der Waals surface area contributed by atoms with Crippen molar-refractivity contribution in [1.82, 2.24) is 19.5 Å². The number of amides is 1. The van der Waals surface area contributed by atoms with Gasteiger partial charge < -0.3 is 15.7 Å². The van der Waals surface area contributed by atoms with Crippen molar-refractivity contribution >= 4 is 29.1 Å². The fourth-order valence-electron chi connectivity index (χ4n) is 3.30. The zero-order chi connectivity index (χ0) is 25.9. The number of aliphatic hydroxyl groups excluding tert-OH is 1. The molecule has 0 saturated carbocycles. The largest absolute Gasteiger partial charge is 0.417 e. The Morgan fingerprint density at radius 2 is 1.86 bits per heavy atom. The fourth-order valence-corrected chi connectivity index (χ4v) is 3.52. The number of nitrogens with one attached hydrogen (secondary N) is 2. The maximum Gasteiger partial charge on any atom is 0.417 e. The number of aliphatic hydroxyl groups is 1. The minimum Gasteiger partial charge on any atom is -0.392 e. The number of rotatable bonds is 7. The highest BCUT2D eigenvalue weighted by Gasteiger charge is 2.33. The van der Waals surface area contributed by atoms with E-state index in [4.69, 9.17) is 11.6 Å². The van der Waals surface area contributed by atoms with Gasteiger partial charge in [0.15, 0.2) is 0 Å². The van der Waals surface area contributed by atoms with Crippen LogP contribution in [0.5, 0.6) is 0 Å². The van der Waals surface area contributed by atoms with E-state index in [0.717, 1.165) is 12.1 Å². The first-order valence-corrected chi connectivity index (χ1v) is 11.1. The second-order valence-electron chi connectivity index (χ2n) is 7.81. The predicted molar refractivity (Wildman–Crippen MR) is 129 cm³/mol. The molecule has 8 nitrogen and oxygen atoms in total. The molecule has 4 aromatic rings. The number of halogens is 4. The summed E-state index contributed by atoms with van der Waals surface area (Å²) in [6, 6.07) is 11.3. The zero-order valence-electron chi connectivity index (χ0n) is 18.8. The van der Waals surface area contributed by atoms with E-state index < -0.39 is 28.8 Å². The number of carbonyl (C=O) groups excluding carboxylic acids is 1. The summed E-state index contributed by atoms with van der Waals surface area (Å²) >= 11 is 5.62. The maximum absolute atomic E-state index is 13.1. The molecular formula is C24H20ClF3N6O2. The number of carbonyl (C=O) groups is 1. The third-order valence-corrected chi connectivity index (χ3v) is 5.35. The minimum absolute atomic E-state index is 0.171. The smallest absolute Gasteiger partial charge is 0.392 e. The van der Waals surface area contributed by atoms with E-state index in [1.54, 1.807) is 60.4 Å². The van der Waals surface area contributed by atoms with Crippen LogP contribution in [0.25, 0.3) is 17.2 Å². The number of benzene rings is 2.